The third kappa shape index (κ3) is 5.96. The quantitative estimate of drug-likeness (QED) is 0.615. The van der Waals surface area contributed by atoms with E-state index in [2.05, 4.69) is 70.0 Å². The van der Waals surface area contributed by atoms with Gasteiger partial charge in [0.1, 0.15) is 0 Å². The Balaban J connectivity index is 2.77. The maximum absolute atomic E-state index is 8.83. The molecule has 3 heteroatoms. The molecule has 0 saturated heterocycles. The van der Waals surface area contributed by atoms with Crippen molar-refractivity contribution in [3.05, 3.63) is 35.9 Å². The standard InChI is InChI=1S/C19H30O2Si/c1-19(2,3)22(4,5)21-16-18(14-10-7-11-15-20)17-12-8-6-9-13-17/h6,8-9,12-13,18,20H,11,14-16H2,1-5H3. The highest BCUT2D eigenvalue weighted by Gasteiger charge is 2.37. The normalized spacial score (nSPS) is 13.4. The average Bonchev–Trinajstić information content (AvgIpc) is 2.46. The fraction of sp³-hybridized carbons (Fsp3) is 0.579. The molecule has 1 N–H and O–H groups in total. The van der Waals surface area contributed by atoms with Crippen molar-refractivity contribution in [1.82, 2.24) is 0 Å². The Labute approximate surface area is 137 Å². The summed E-state index contributed by atoms with van der Waals surface area (Å²) < 4.78 is 6.39. The number of rotatable bonds is 6. The minimum absolute atomic E-state index is 0.128. The molecule has 0 fully saturated rings. The van der Waals surface area contributed by atoms with Gasteiger partial charge in [0.25, 0.3) is 0 Å². The highest BCUT2D eigenvalue weighted by atomic mass is 28.4. The van der Waals surface area contributed by atoms with Crippen molar-refractivity contribution in [3.8, 4) is 11.8 Å². The van der Waals surface area contributed by atoms with Crippen LogP contribution in [0.4, 0.5) is 0 Å². The van der Waals surface area contributed by atoms with E-state index in [1.54, 1.807) is 0 Å². The molecule has 122 valence electrons. The monoisotopic (exact) mass is 318 g/mol. The Hall–Kier alpha value is -1.08. The number of aliphatic hydroxyl groups excluding tert-OH is 1. The number of aliphatic hydroxyl groups is 1. The molecule has 0 radical (unpaired) electrons. The molecule has 1 aromatic rings. The molecule has 1 rings (SSSR count). The molecule has 2 nitrogen and oxygen atoms in total. The SMILES string of the molecule is CC(C)(C)[Si](C)(C)OCC(CC#CCCO)c1ccccc1. The number of hydrogen-bond donors (Lipinski definition) is 1. The molecule has 0 aliphatic heterocycles. The van der Waals surface area contributed by atoms with Gasteiger partial charge in [-0.15, -0.1) is 11.8 Å². The minimum Gasteiger partial charge on any atom is -0.416 e. The second-order valence-electron chi connectivity index (χ2n) is 7.21. The van der Waals surface area contributed by atoms with Gasteiger partial charge in [0.15, 0.2) is 8.32 Å². The Morgan fingerprint density at radius 3 is 2.32 bits per heavy atom. The fourth-order valence-corrected chi connectivity index (χ4v) is 2.91. The first-order valence-corrected chi connectivity index (χ1v) is 10.9. The summed E-state index contributed by atoms with van der Waals surface area (Å²) in [7, 11) is -1.74. The van der Waals surface area contributed by atoms with Crippen molar-refractivity contribution in [2.45, 2.75) is 57.7 Å². The summed E-state index contributed by atoms with van der Waals surface area (Å²) in [5, 5.41) is 9.05. The summed E-state index contributed by atoms with van der Waals surface area (Å²) >= 11 is 0. The maximum atomic E-state index is 8.83. The molecule has 1 atom stereocenters. The van der Waals surface area contributed by atoms with Crippen LogP contribution in [0.15, 0.2) is 30.3 Å². The lowest BCUT2D eigenvalue weighted by Gasteiger charge is -2.37. The average molecular weight is 319 g/mol. The Morgan fingerprint density at radius 1 is 1.14 bits per heavy atom. The summed E-state index contributed by atoms with van der Waals surface area (Å²) in [6, 6.07) is 10.5. The molecule has 0 saturated carbocycles. The van der Waals surface area contributed by atoms with Crippen molar-refractivity contribution in [3.63, 3.8) is 0 Å². The first-order valence-electron chi connectivity index (χ1n) is 8.03. The summed E-state index contributed by atoms with van der Waals surface area (Å²) in [5.74, 6) is 6.50. The van der Waals surface area contributed by atoms with E-state index >= 15 is 0 Å². The molecular weight excluding hydrogens is 288 g/mol. The molecular formula is C19H30O2Si. The molecule has 0 heterocycles. The van der Waals surface area contributed by atoms with Crippen LogP contribution >= 0.6 is 0 Å². The highest BCUT2D eigenvalue weighted by Crippen LogP contribution is 2.37. The van der Waals surface area contributed by atoms with Gasteiger partial charge < -0.3 is 9.53 Å². The van der Waals surface area contributed by atoms with E-state index in [0.29, 0.717) is 18.9 Å². The van der Waals surface area contributed by atoms with E-state index in [-0.39, 0.29) is 11.6 Å². The smallest absolute Gasteiger partial charge is 0.192 e. The topological polar surface area (TPSA) is 29.5 Å². The van der Waals surface area contributed by atoms with Gasteiger partial charge in [0.05, 0.1) is 6.61 Å². The number of benzene rings is 1. The van der Waals surface area contributed by atoms with E-state index in [1.807, 2.05) is 6.07 Å². The van der Waals surface area contributed by atoms with Crippen LogP contribution in [-0.2, 0) is 4.43 Å². The first kappa shape index (κ1) is 19.0. The largest absolute Gasteiger partial charge is 0.416 e. The molecule has 22 heavy (non-hydrogen) atoms. The zero-order chi connectivity index (χ0) is 16.6. The van der Waals surface area contributed by atoms with Crippen LogP contribution in [0.2, 0.25) is 18.1 Å². The van der Waals surface area contributed by atoms with Gasteiger partial charge in [-0.2, -0.15) is 0 Å². The van der Waals surface area contributed by atoms with Crippen molar-refractivity contribution in [2.75, 3.05) is 13.2 Å². The molecule has 0 aliphatic rings. The molecule has 1 unspecified atom stereocenters. The number of hydrogen-bond acceptors (Lipinski definition) is 2. The van der Waals surface area contributed by atoms with E-state index in [0.717, 1.165) is 6.42 Å². The molecule has 0 spiro atoms. The van der Waals surface area contributed by atoms with Crippen LogP contribution in [0.1, 0.15) is 45.1 Å². The Bertz CT molecular complexity index is 492. The van der Waals surface area contributed by atoms with Crippen molar-refractivity contribution in [2.24, 2.45) is 0 Å². The highest BCUT2D eigenvalue weighted by molar-refractivity contribution is 6.74. The third-order valence-electron chi connectivity index (χ3n) is 4.43. The molecule has 0 amide bonds. The maximum Gasteiger partial charge on any atom is 0.192 e. The van der Waals surface area contributed by atoms with E-state index < -0.39 is 8.32 Å². The van der Waals surface area contributed by atoms with Crippen molar-refractivity contribution in [1.29, 1.82) is 0 Å². The van der Waals surface area contributed by atoms with Gasteiger partial charge >= 0.3 is 0 Å². The van der Waals surface area contributed by atoms with Gasteiger partial charge in [-0.3, -0.25) is 0 Å². The zero-order valence-corrected chi connectivity index (χ0v) is 15.6. The molecule has 0 aliphatic carbocycles. The molecule has 1 aromatic carbocycles. The second kappa shape index (κ2) is 8.52. The third-order valence-corrected chi connectivity index (χ3v) is 8.93. The van der Waals surface area contributed by atoms with Gasteiger partial charge in [0, 0.05) is 25.4 Å². The van der Waals surface area contributed by atoms with Gasteiger partial charge in [0.2, 0.25) is 0 Å². The fourth-order valence-electron chi connectivity index (χ4n) is 1.86. The van der Waals surface area contributed by atoms with Gasteiger partial charge in [-0.25, -0.2) is 0 Å². The minimum atomic E-state index is -1.74. The summed E-state index contributed by atoms with van der Waals surface area (Å²) in [5.41, 5.74) is 1.28. The molecule has 0 aromatic heterocycles. The first-order chi connectivity index (χ1) is 10.3. The van der Waals surface area contributed by atoms with Crippen LogP contribution in [-0.4, -0.2) is 26.6 Å². The zero-order valence-electron chi connectivity index (χ0n) is 14.6. The van der Waals surface area contributed by atoms with Crippen LogP contribution in [0.3, 0.4) is 0 Å². The van der Waals surface area contributed by atoms with E-state index in [9.17, 15) is 0 Å². The van der Waals surface area contributed by atoms with E-state index in [4.69, 9.17) is 9.53 Å². The predicted octanol–water partition coefficient (Wildman–Crippen LogP) is 4.57. The lowest BCUT2D eigenvalue weighted by Crippen LogP contribution is -2.41. The Kier molecular flexibility index (Phi) is 7.35. The van der Waals surface area contributed by atoms with Gasteiger partial charge in [-0.1, -0.05) is 51.1 Å². The van der Waals surface area contributed by atoms with Crippen LogP contribution in [0, 0.1) is 11.8 Å². The summed E-state index contributed by atoms with van der Waals surface area (Å²) in [6.45, 7) is 12.2. The van der Waals surface area contributed by atoms with Gasteiger partial charge in [-0.05, 0) is 23.7 Å². The van der Waals surface area contributed by atoms with Crippen LogP contribution in [0.25, 0.3) is 0 Å². The van der Waals surface area contributed by atoms with Crippen LogP contribution in [0.5, 0.6) is 0 Å². The van der Waals surface area contributed by atoms with Crippen molar-refractivity contribution < 1.29 is 9.53 Å². The Morgan fingerprint density at radius 2 is 1.77 bits per heavy atom. The second-order valence-corrected chi connectivity index (χ2v) is 12.0. The summed E-state index contributed by atoms with van der Waals surface area (Å²) in [6.07, 6.45) is 1.32. The molecule has 0 bridgehead atoms. The predicted molar refractivity (Wildman–Crippen MR) is 96.4 cm³/mol. The lowest BCUT2D eigenvalue weighted by molar-refractivity contribution is 0.263. The van der Waals surface area contributed by atoms with Crippen molar-refractivity contribution >= 4 is 8.32 Å². The summed E-state index contributed by atoms with van der Waals surface area (Å²) in [4.78, 5) is 0. The van der Waals surface area contributed by atoms with E-state index in [1.165, 1.54) is 5.56 Å². The van der Waals surface area contributed by atoms with Crippen LogP contribution < -0.4 is 0 Å². The lowest BCUT2D eigenvalue weighted by atomic mass is 9.97.